The van der Waals surface area contributed by atoms with Crippen molar-refractivity contribution in [2.24, 2.45) is 23.7 Å². The van der Waals surface area contributed by atoms with Crippen molar-refractivity contribution >= 4 is 25.6 Å². The van der Waals surface area contributed by atoms with Crippen molar-refractivity contribution in [1.29, 1.82) is 0 Å². The van der Waals surface area contributed by atoms with Crippen LogP contribution in [0.1, 0.15) is 52.4 Å². The maximum absolute atomic E-state index is 12.9. The van der Waals surface area contributed by atoms with Crippen molar-refractivity contribution in [3.8, 4) is 0 Å². The third kappa shape index (κ3) is 6.23. The Bertz CT molecular complexity index is 908. The summed E-state index contributed by atoms with van der Waals surface area (Å²) < 4.78 is 125. The molecule has 192 valence electrons. The van der Waals surface area contributed by atoms with Crippen LogP contribution in [0.3, 0.4) is 0 Å². The first-order valence-electron chi connectivity index (χ1n) is 10.4. The predicted molar refractivity (Wildman–Crippen MR) is 106 cm³/mol. The van der Waals surface area contributed by atoms with E-state index in [9.17, 15) is 48.0 Å². The quantitative estimate of drug-likeness (QED) is 0.235. The summed E-state index contributed by atoms with van der Waals surface area (Å²) in [5, 5.41) is 0. The first-order valence-corrected chi connectivity index (χ1v) is 13.4. The zero-order chi connectivity index (χ0) is 25.4. The molecule has 0 heterocycles. The van der Waals surface area contributed by atoms with Crippen LogP contribution in [0.25, 0.3) is 0 Å². The van der Waals surface area contributed by atoms with Crippen LogP contribution in [0.5, 0.6) is 0 Å². The highest BCUT2D eigenvalue weighted by molar-refractivity contribution is 8.09. The fourth-order valence-electron chi connectivity index (χ4n) is 4.36. The van der Waals surface area contributed by atoms with E-state index in [1.807, 2.05) is 0 Å². The smallest absolute Gasteiger partial charge is 0.462 e. The Morgan fingerprint density at radius 1 is 0.939 bits per heavy atom. The Labute approximate surface area is 188 Å². The second kappa shape index (κ2) is 9.74. The molecular weight excluding hydrogens is 502 g/mol. The normalized spacial score (nSPS) is 24.6. The van der Waals surface area contributed by atoms with Gasteiger partial charge in [-0.05, 0) is 55.8 Å². The van der Waals surface area contributed by atoms with Gasteiger partial charge in [0.1, 0.15) is 6.10 Å². The van der Waals surface area contributed by atoms with E-state index < -0.39 is 66.1 Å². The number of hydrogen-bond acceptors (Lipinski definition) is 6. The highest BCUT2D eigenvalue weighted by atomic mass is 32.3. The van der Waals surface area contributed by atoms with Crippen LogP contribution in [0.4, 0.5) is 26.3 Å². The molecule has 0 amide bonds. The van der Waals surface area contributed by atoms with Gasteiger partial charge in [0.05, 0.1) is 0 Å². The van der Waals surface area contributed by atoms with Gasteiger partial charge in [0.15, 0.2) is 4.58 Å². The zero-order valence-electron chi connectivity index (χ0n) is 17.9. The summed E-state index contributed by atoms with van der Waals surface area (Å²) in [5.41, 5.74) is -12.4. The Balaban J connectivity index is 2.08. The number of carbonyl (C=O) groups excluding carboxylic acids is 1. The summed E-state index contributed by atoms with van der Waals surface area (Å²) >= 11 is 0. The summed E-state index contributed by atoms with van der Waals surface area (Å²) in [5.74, 6) is -0.216. The minimum Gasteiger partial charge on any atom is -0.462 e. The number of fused-ring (bicyclic) bond motifs is 2. The molecule has 14 heteroatoms. The predicted octanol–water partition coefficient (Wildman–Crippen LogP) is 4.52. The van der Waals surface area contributed by atoms with E-state index in [-0.39, 0.29) is 12.3 Å². The van der Waals surface area contributed by atoms with Gasteiger partial charge in [-0.25, -0.2) is 16.8 Å². The maximum atomic E-state index is 12.9. The average molecular weight is 529 g/mol. The summed E-state index contributed by atoms with van der Waals surface area (Å²) in [4.78, 5) is 12.2. The van der Waals surface area contributed by atoms with Crippen LogP contribution in [0.2, 0.25) is 0 Å². The highest BCUT2D eigenvalue weighted by Gasteiger charge is 2.62. The average Bonchev–Trinajstić information content (AvgIpc) is 3.26. The van der Waals surface area contributed by atoms with Crippen LogP contribution in [0.15, 0.2) is 12.2 Å². The van der Waals surface area contributed by atoms with Crippen molar-refractivity contribution < 1.29 is 52.7 Å². The molecule has 2 aliphatic carbocycles. The number of alkyl halides is 6. The van der Waals surface area contributed by atoms with Gasteiger partial charge in [0.25, 0.3) is 19.7 Å². The van der Waals surface area contributed by atoms with E-state index in [0.29, 0.717) is 18.3 Å². The van der Waals surface area contributed by atoms with Gasteiger partial charge in [0.2, 0.25) is 0 Å². The molecule has 4 atom stereocenters. The molecule has 0 aromatic rings. The van der Waals surface area contributed by atoms with Gasteiger partial charge >= 0.3 is 17.0 Å². The zero-order valence-corrected chi connectivity index (χ0v) is 19.5. The monoisotopic (exact) mass is 528 g/mol. The number of allylic oxidation sites excluding steroid dienone is 2. The molecule has 1 saturated carbocycles. The molecule has 0 aromatic heterocycles. The third-order valence-corrected chi connectivity index (χ3v) is 10.9. The fraction of sp³-hybridized carbons (Fsp3) is 0.842. The lowest BCUT2D eigenvalue weighted by Gasteiger charge is -2.25. The number of rotatable bonds is 10. The summed E-state index contributed by atoms with van der Waals surface area (Å²) in [6.07, 6.45) is 3.03. The minimum absolute atomic E-state index is 0.0178. The molecule has 6 nitrogen and oxygen atoms in total. The van der Waals surface area contributed by atoms with Gasteiger partial charge in [-0.3, -0.25) is 4.79 Å². The van der Waals surface area contributed by atoms with E-state index in [2.05, 4.69) is 12.2 Å². The molecule has 0 spiro atoms. The molecule has 33 heavy (non-hydrogen) atoms. The second-order valence-electron chi connectivity index (χ2n) is 8.84. The van der Waals surface area contributed by atoms with Gasteiger partial charge < -0.3 is 4.74 Å². The molecule has 0 saturated heterocycles. The van der Waals surface area contributed by atoms with Crippen molar-refractivity contribution in [2.75, 3.05) is 0 Å². The van der Waals surface area contributed by atoms with Crippen LogP contribution in [-0.2, 0) is 29.2 Å². The summed E-state index contributed by atoms with van der Waals surface area (Å²) in [6, 6.07) is 0. The van der Waals surface area contributed by atoms with E-state index in [1.165, 1.54) is 13.8 Å². The SMILES string of the molecule is CC(C)C(CCC(S(=O)(=O)C(F)(F)F)S(=O)(=O)C(F)(F)F)OC(=O)CCC1CC2C=CC1C2. The van der Waals surface area contributed by atoms with Crippen molar-refractivity contribution in [3.63, 3.8) is 0 Å². The standard InChI is InChI=1S/C19H26F6O6S2/c1-11(2)15(31-16(26)7-5-14-10-12-3-4-13(14)9-12)6-8-17(32(27,28)18(20,21)22)33(29,30)19(23,24)25/h3-4,11-15,17H,5-10H2,1-2H3. The number of sulfone groups is 2. The Morgan fingerprint density at radius 3 is 1.88 bits per heavy atom. The van der Waals surface area contributed by atoms with Gasteiger partial charge in [0, 0.05) is 6.42 Å². The maximum Gasteiger partial charge on any atom is 0.498 e. The van der Waals surface area contributed by atoms with Gasteiger partial charge in [-0.2, -0.15) is 26.3 Å². The van der Waals surface area contributed by atoms with Crippen LogP contribution < -0.4 is 0 Å². The van der Waals surface area contributed by atoms with E-state index in [4.69, 9.17) is 4.74 Å². The first-order chi connectivity index (χ1) is 14.9. The lowest BCUT2D eigenvalue weighted by atomic mass is 9.89. The number of ether oxygens (including phenoxy) is 1. The highest BCUT2D eigenvalue weighted by Crippen LogP contribution is 2.45. The Hall–Kier alpha value is -1.31. The lowest BCUT2D eigenvalue weighted by molar-refractivity contribution is -0.152. The molecule has 2 bridgehead atoms. The first kappa shape index (κ1) is 27.9. The summed E-state index contributed by atoms with van der Waals surface area (Å²) in [6.45, 7) is 2.92. The molecule has 2 rings (SSSR count). The molecular formula is C19H26F6O6S2. The third-order valence-electron chi connectivity index (χ3n) is 6.19. The second-order valence-corrected chi connectivity index (χ2v) is 13.4. The van der Waals surface area contributed by atoms with Crippen molar-refractivity contribution in [2.45, 2.75) is 74.1 Å². The Morgan fingerprint density at radius 2 is 1.48 bits per heavy atom. The molecule has 0 N–H and O–H groups in total. The van der Waals surface area contributed by atoms with Crippen LogP contribution >= 0.6 is 0 Å². The molecule has 0 aromatic carbocycles. The topological polar surface area (TPSA) is 94.6 Å². The van der Waals surface area contributed by atoms with E-state index >= 15 is 0 Å². The van der Waals surface area contributed by atoms with Gasteiger partial charge in [-0.15, -0.1) is 0 Å². The van der Waals surface area contributed by atoms with E-state index in [1.54, 1.807) is 0 Å². The van der Waals surface area contributed by atoms with Gasteiger partial charge in [-0.1, -0.05) is 26.0 Å². The molecule has 0 aliphatic heterocycles. The number of hydrogen-bond donors (Lipinski definition) is 0. The van der Waals surface area contributed by atoms with Crippen molar-refractivity contribution in [1.82, 2.24) is 0 Å². The Kier molecular flexibility index (Phi) is 8.25. The van der Waals surface area contributed by atoms with E-state index in [0.717, 1.165) is 12.8 Å². The fourth-order valence-corrected chi connectivity index (χ4v) is 7.84. The van der Waals surface area contributed by atoms with Crippen molar-refractivity contribution in [3.05, 3.63) is 12.2 Å². The lowest BCUT2D eigenvalue weighted by Crippen LogP contribution is -2.45. The summed E-state index contributed by atoms with van der Waals surface area (Å²) in [7, 11) is -13.4. The number of esters is 1. The minimum atomic E-state index is -6.71. The molecule has 0 radical (unpaired) electrons. The molecule has 1 fully saturated rings. The molecule has 2 aliphatic rings. The largest absolute Gasteiger partial charge is 0.498 e. The number of carbonyl (C=O) groups is 1. The molecule has 4 unspecified atom stereocenters. The number of halogens is 6. The van der Waals surface area contributed by atoms with Crippen LogP contribution in [0, 0.1) is 23.7 Å². The van der Waals surface area contributed by atoms with Crippen LogP contribution in [-0.4, -0.2) is 44.5 Å².